The Labute approximate surface area is 169 Å². The molecule has 4 rings (SSSR count). The Balaban J connectivity index is 1.42. The molecule has 0 aliphatic carbocycles. The third kappa shape index (κ3) is 4.31. The number of fused-ring (bicyclic) bond motifs is 1. The monoisotopic (exact) mass is 399 g/mol. The third-order valence-electron chi connectivity index (χ3n) is 5.91. The number of halogens is 1. The van der Waals surface area contributed by atoms with Crippen molar-refractivity contribution in [2.24, 2.45) is 0 Å². The molecule has 0 spiro atoms. The molecule has 0 radical (unpaired) electrons. The van der Waals surface area contributed by atoms with Crippen molar-refractivity contribution in [3.05, 3.63) is 47.3 Å². The molecular formula is C21H26FN5O2. The van der Waals surface area contributed by atoms with Crippen molar-refractivity contribution in [1.29, 1.82) is 0 Å². The summed E-state index contributed by atoms with van der Waals surface area (Å²) in [7, 11) is 0. The molecule has 0 unspecified atom stereocenters. The lowest BCUT2D eigenvalue weighted by molar-refractivity contribution is -0.131. The topological polar surface area (TPSA) is 71.3 Å². The van der Waals surface area contributed by atoms with Crippen molar-refractivity contribution < 1.29 is 14.0 Å². The zero-order valence-corrected chi connectivity index (χ0v) is 16.7. The molecule has 1 aromatic carbocycles. The molecule has 3 heterocycles. The summed E-state index contributed by atoms with van der Waals surface area (Å²) in [5.41, 5.74) is 0.812. The van der Waals surface area contributed by atoms with Gasteiger partial charge >= 0.3 is 0 Å². The standard InChI is InChI=1S/C21H26FN5O2/c1-15(28)26-9-2-3-17(14-26)21-24-23-19-8-10-25(11-12-27(19)21)20(29)13-16-4-6-18(22)7-5-16/h4-7,17H,2-3,8-14H2,1H3/t17-/m0/s1. The van der Waals surface area contributed by atoms with Crippen LogP contribution in [0.15, 0.2) is 24.3 Å². The summed E-state index contributed by atoms with van der Waals surface area (Å²) in [4.78, 5) is 28.2. The second-order valence-electron chi connectivity index (χ2n) is 7.86. The first-order valence-corrected chi connectivity index (χ1v) is 10.2. The molecule has 29 heavy (non-hydrogen) atoms. The quantitative estimate of drug-likeness (QED) is 0.789. The van der Waals surface area contributed by atoms with Gasteiger partial charge in [0.25, 0.3) is 0 Å². The summed E-state index contributed by atoms with van der Waals surface area (Å²) >= 11 is 0. The molecule has 7 nitrogen and oxygen atoms in total. The molecule has 0 saturated carbocycles. The molecule has 0 N–H and O–H groups in total. The maximum Gasteiger partial charge on any atom is 0.227 e. The van der Waals surface area contributed by atoms with Gasteiger partial charge in [-0.3, -0.25) is 9.59 Å². The van der Waals surface area contributed by atoms with Crippen LogP contribution >= 0.6 is 0 Å². The summed E-state index contributed by atoms with van der Waals surface area (Å²) in [6, 6.07) is 6.07. The Kier molecular flexibility index (Phi) is 5.60. The third-order valence-corrected chi connectivity index (χ3v) is 5.91. The van der Waals surface area contributed by atoms with Gasteiger partial charge in [-0.15, -0.1) is 10.2 Å². The van der Waals surface area contributed by atoms with Crippen LogP contribution in [0, 0.1) is 5.82 Å². The van der Waals surface area contributed by atoms with E-state index in [1.54, 1.807) is 19.1 Å². The first-order chi connectivity index (χ1) is 14.0. The number of piperidine rings is 1. The average Bonchev–Trinajstić information content (AvgIpc) is 3.01. The first kappa shape index (κ1) is 19.5. The summed E-state index contributed by atoms with van der Waals surface area (Å²) in [5, 5.41) is 8.82. The van der Waals surface area contributed by atoms with E-state index in [4.69, 9.17) is 0 Å². The number of benzene rings is 1. The minimum absolute atomic E-state index is 0.0392. The van der Waals surface area contributed by atoms with Gasteiger partial charge in [-0.25, -0.2) is 4.39 Å². The van der Waals surface area contributed by atoms with Gasteiger partial charge < -0.3 is 14.4 Å². The lowest BCUT2D eigenvalue weighted by Crippen LogP contribution is -2.38. The maximum absolute atomic E-state index is 13.1. The lowest BCUT2D eigenvalue weighted by Gasteiger charge is -2.31. The highest BCUT2D eigenvalue weighted by molar-refractivity contribution is 5.78. The fraction of sp³-hybridized carbons (Fsp3) is 0.524. The Bertz CT molecular complexity index is 895. The molecule has 154 valence electrons. The Morgan fingerprint density at radius 3 is 2.62 bits per heavy atom. The number of rotatable bonds is 3. The number of nitrogens with zero attached hydrogens (tertiary/aromatic N) is 5. The average molecular weight is 399 g/mol. The van der Waals surface area contributed by atoms with Gasteiger partial charge in [0, 0.05) is 52.0 Å². The van der Waals surface area contributed by atoms with Gasteiger partial charge in [0.05, 0.1) is 6.42 Å². The van der Waals surface area contributed by atoms with Crippen molar-refractivity contribution in [2.75, 3.05) is 26.2 Å². The summed E-state index contributed by atoms with van der Waals surface area (Å²) in [6.45, 7) is 4.95. The maximum atomic E-state index is 13.1. The molecule has 0 bridgehead atoms. The lowest BCUT2D eigenvalue weighted by atomic mass is 9.97. The molecule has 2 amide bonds. The highest BCUT2D eigenvalue weighted by Crippen LogP contribution is 2.27. The van der Waals surface area contributed by atoms with Crippen molar-refractivity contribution in [3.8, 4) is 0 Å². The first-order valence-electron chi connectivity index (χ1n) is 10.2. The van der Waals surface area contributed by atoms with Crippen molar-refractivity contribution in [1.82, 2.24) is 24.6 Å². The normalized spacial score (nSPS) is 19.6. The van der Waals surface area contributed by atoms with Gasteiger partial charge in [-0.2, -0.15) is 0 Å². The number of hydrogen-bond acceptors (Lipinski definition) is 4. The van der Waals surface area contributed by atoms with Crippen LogP contribution in [-0.2, 0) is 29.0 Å². The minimum atomic E-state index is -0.299. The van der Waals surface area contributed by atoms with Crippen LogP contribution in [0.3, 0.4) is 0 Å². The van der Waals surface area contributed by atoms with Crippen molar-refractivity contribution >= 4 is 11.8 Å². The molecular weight excluding hydrogens is 373 g/mol. The van der Waals surface area contributed by atoms with E-state index in [1.165, 1.54) is 12.1 Å². The van der Waals surface area contributed by atoms with Crippen LogP contribution < -0.4 is 0 Å². The fourth-order valence-corrected chi connectivity index (χ4v) is 4.26. The van der Waals surface area contributed by atoms with Gasteiger partial charge in [0.15, 0.2) is 0 Å². The van der Waals surface area contributed by atoms with E-state index in [2.05, 4.69) is 14.8 Å². The van der Waals surface area contributed by atoms with Crippen LogP contribution in [0.4, 0.5) is 4.39 Å². The Morgan fingerprint density at radius 1 is 1.07 bits per heavy atom. The molecule has 1 aromatic heterocycles. The van der Waals surface area contributed by atoms with Crippen LogP contribution in [0.25, 0.3) is 0 Å². The molecule has 2 aromatic rings. The summed E-state index contributed by atoms with van der Waals surface area (Å²) in [5.74, 6) is 1.86. The minimum Gasteiger partial charge on any atom is -0.342 e. The van der Waals surface area contributed by atoms with E-state index >= 15 is 0 Å². The number of likely N-dealkylation sites (tertiary alicyclic amines) is 1. The molecule has 2 aliphatic rings. The molecule has 1 saturated heterocycles. The highest BCUT2D eigenvalue weighted by atomic mass is 19.1. The predicted octanol–water partition coefficient (Wildman–Crippen LogP) is 1.77. The number of aromatic nitrogens is 3. The number of carbonyl (C=O) groups excluding carboxylic acids is 2. The van der Waals surface area contributed by atoms with Crippen LogP contribution in [0.2, 0.25) is 0 Å². The predicted molar refractivity (Wildman–Crippen MR) is 105 cm³/mol. The second-order valence-corrected chi connectivity index (χ2v) is 7.86. The zero-order chi connectivity index (χ0) is 20.4. The highest BCUT2D eigenvalue weighted by Gasteiger charge is 2.29. The van der Waals surface area contributed by atoms with E-state index in [-0.39, 0.29) is 30.0 Å². The van der Waals surface area contributed by atoms with E-state index < -0.39 is 0 Å². The summed E-state index contributed by atoms with van der Waals surface area (Å²) in [6.07, 6.45) is 2.89. The molecule has 2 aliphatic heterocycles. The van der Waals surface area contributed by atoms with E-state index in [0.29, 0.717) is 32.6 Å². The fourth-order valence-electron chi connectivity index (χ4n) is 4.26. The van der Waals surface area contributed by atoms with Crippen molar-refractivity contribution in [3.63, 3.8) is 0 Å². The smallest absolute Gasteiger partial charge is 0.227 e. The van der Waals surface area contributed by atoms with Crippen molar-refractivity contribution in [2.45, 2.75) is 45.1 Å². The van der Waals surface area contributed by atoms with E-state index in [9.17, 15) is 14.0 Å². The van der Waals surface area contributed by atoms with Crippen LogP contribution in [0.5, 0.6) is 0 Å². The zero-order valence-electron chi connectivity index (χ0n) is 16.7. The molecule has 1 fully saturated rings. The molecule has 1 atom stereocenters. The SMILES string of the molecule is CC(=O)N1CCC[C@H](c2nnc3n2CCN(C(=O)Cc2ccc(F)cc2)CC3)C1. The number of carbonyl (C=O) groups is 2. The van der Waals surface area contributed by atoms with Gasteiger partial charge in [0.1, 0.15) is 17.5 Å². The second kappa shape index (κ2) is 8.31. The largest absolute Gasteiger partial charge is 0.342 e. The number of hydrogen-bond donors (Lipinski definition) is 0. The van der Waals surface area contributed by atoms with Gasteiger partial charge in [-0.05, 0) is 30.5 Å². The van der Waals surface area contributed by atoms with Crippen LogP contribution in [0.1, 0.15) is 42.9 Å². The van der Waals surface area contributed by atoms with Gasteiger partial charge in [-0.1, -0.05) is 12.1 Å². The Hall–Kier alpha value is -2.77. The number of amides is 2. The van der Waals surface area contributed by atoms with Crippen LogP contribution in [-0.4, -0.2) is 62.6 Å². The molecule has 8 heteroatoms. The van der Waals surface area contributed by atoms with E-state index in [1.807, 2.05) is 9.80 Å². The van der Waals surface area contributed by atoms with Gasteiger partial charge in [0.2, 0.25) is 11.8 Å². The Morgan fingerprint density at radius 2 is 1.86 bits per heavy atom. The summed E-state index contributed by atoms with van der Waals surface area (Å²) < 4.78 is 15.2. The van der Waals surface area contributed by atoms with E-state index in [0.717, 1.165) is 36.6 Å².